The number of aryl methyl sites for hydroxylation is 1. The first-order valence-electron chi connectivity index (χ1n) is 8.29. The fourth-order valence-corrected chi connectivity index (χ4v) is 3.11. The number of anilines is 1. The number of aromatic hydroxyl groups is 1. The van der Waals surface area contributed by atoms with Crippen molar-refractivity contribution in [2.75, 3.05) is 18.6 Å². The number of amides is 1. The van der Waals surface area contributed by atoms with E-state index in [1.54, 1.807) is 18.1 Å². The Morgan fingerprint density at radius 1 is 1.15 bits per heavy atom. The Hall–Kier alpha value is -3.35. The summed E-state index contributed by atoms with van der Waals surface area (Å²) in [5, 5.41) is 14.9. The smallest absolute Gasteiger partial charge is 0.279 e. The predicted octanol–water partition coefficient (Wildman–Crippen LogP) is 2.49. The lowest BCUT2D eigenvalue weighted by molar-refractivity contribution is 0.0975. The maximum absolute atomic E-state index is 12.9. The van der Waals surface area contributed by atoms with Crippen molar-refractivity contribution in [2.45, 2.75) is 13.3 Å². The number of hydrogen-bond acceptors (Lipinski definition) is 5. The Labute approximate surface area is 150 Å². The Morgan fingerprint density at radius 3 is 2.62 bits per heavy atom. The van der Waals surface area contributed by atoms with Crippen molar-refractivity contribution in [1.82, 2.24) is 14.8 Å². The number of methoxy groups -OCH3 is 1. The standard InChI is InChI=1S/C19H18N4O3/c1-12-4-3-5-16(20-12)23-18(24)15-10-11-22(19(25)17(15)21-23)13-6-8-14(26-2)9-7-13/h3-9,24H,10-11H2,1-2H3. The van der Waals surface area contributed by atoms with Crippen molar-refractivity contribution in [3.63, 3.8) is 0 Å². The molecular weight excluding hydrogens is 332 g/mol. The largest absolute Gasteiger partial charge is 0.497 e. The molecule has 1 aromatic carbocycles. The van der Waals surface area contributed by atoms with Crippen molar-refractivity contribution in [3.05, 3.63) is 59.4 Å². The molecule has 1 N–H and O–H groups in total. The van der Waals surface area contributed by atoms with Gasteiger partial charge in [-0.05, 0) is 49.7 Å². The van der Waals surface area contributed by atoms with Gasteiger partial charge in [-0.3, -0.25) is 4.79 Å². The number of carbonyl (C=O) groups is 1. The van der Waals surface area contributed by atoms with E-state index in [9.17, 15) is 9.90 Å². The normalized spacial score (nSPS) is 13.6. The van der Waals surface area contributed by atoms with E-state index < -0.39 is 0 Å². The third kappa shape index (κ3) is 2.57. The summed E-state index contributed by atoms with van der Waals surface area (Å²) in [4.78, 5) is 18.9. The van der Waals surface area contributed by atoms with Crippen LogP contribution in [0.3, 0.4) is 0 Å². The summed E-state index contributed by atoms with van der Waals surface area (Å²) in [7, 11) is 1.60. The van der Waals surface area contributed by atoms with Gasteiger partial charge in [0.25, 0.3) is 5.91 Å². The van der Waals surface area contributed by atoms with Gasteiger partial charge < -0.3 is 14.7 Å². The van der Waals surface area contributed by atoms with Gasteiger partial charge in [0.2, 0.25) is 5.88 Å². The number of pyridine rings is 1. The van der Waals surface area contributed by atoms with Gasteiger partial charge in [0.05, 0.1) is 7.11 Å². The number of carbonyl (C=O) groups excluding carboxylic acids is 1. The van der Waals surface area contributed by atoms with Crippen molar-refractivity contribution in [2.24, 2.45) is 0 Å². The summed E-state index contributed by atoms with van der Waals surface area (Å²) in [6.07, 6.45) is 0.519. The van der Waals surface area contributed by atoms with Gasteiger partial charge in [0.1, 0.15) is 5.75 Å². The molecule has 1 amide bonds. The number of ether oxygens (including phenoxy) is 1. The second-order valence-corrected chi connectivity index (χ2v) is 6.10. The number of aromatic nitrogens is 3. The summed E-state index contributed by atoms with van der Waals surface area (Å²) in [6, 6.07) is 12.7. The van der Waals surface area contributed by atoms with E-state index in [4.69, 9.17) is 4.74 Å². The van der Waals surface area contributed by atoms with Gasteiger partial charge in [0.15, 0.2) is 11.5 Å². The van der Waals surface area contributed by atoms with Gasteiger partial charge in [-0.2, -0.15) is 9.78 Å². The molecule has 3 heterocycles. The Bertz CT molecular complexity index is 979. The highest BCUT2D eigenvalue weighted by atomic mass is 16.5. The van der Waals surface area contributed by atoms with Gasteiger partial charge in [-0.25, -0.2) is 4.98 Å². The molecule has 1 aliphatic rings. The molecule has 0 radical (unpaired) electrons. The molecule has 0 saturated heterocycles. The fraction of sp³-hybridized carbons (Fsp3) is 0.211. The van der Waals surface area contributed by atoms with Gasteiger partial charge in [-0.15, -0.1) is 0 Å². The van der Waals surface area contributed by atoms with Crippen molar-refractivity contribution in [3.8, 4) is 17.4 Å². The summed E-state index contributed by atoms with van der Waals surface area (Å²) < 4.78 is 6.48. The summed E-state index contributed by atoms with van der Waals surface area (Å²) in [5.41, 5.74) is 2.39. The van der Waals surface area contributed by atoms with Crippen molar-refractivity contribution in [1.29, 1.82) is 0 Å². The fourth-order valence-electron chi connectivity index (χ4n) is 3.11. The minimum absolute atomic E-state index is 0.0270. The van der Waals surface area contributed by atoms with Crippen LogP contribution in [-0.2, 0) is 6.42 Å². The van der Waals surface area contributed by atoms with Crippen LogP contribution in [0.4, 0.5) is 5.69 Å². The van der Waals surface area contributed by atoms with Crippen LogP contribution < -0.4 is 9.64 Å². The Morgan fingerprint density at radius 2 is 1.92 bits per heavy atom. The molecule has 0 aliphatic carbocycles. The molecule has 1 aliphatic heterocycles. The third-order valence-corrected chi connectivity index (χ3v) is 4.46. The van der Waals surface area contributed by atoms with Crippen LogP contribution in [0.1, 0.15) is 21.7 Å². The lowest BCUT2D eigenvalue weighted by Gasteiger charge is -2.26. The van der Waals surface area contributed by atoms with Crippen LogP contribution in [0.5, 0.6) is 11.6 Å². The van der Waals surface area contributed by atoms with Crippen molar-refractivity contribution >= 4 is 11.6 Å². The average molecular weight is 350 g/mol. The molecule has 7 heteroatoms. The highest BCUT2D eigenvalue weighted by Gasteiger charge is 2.32. The predicted molar refractivity (Wildman–Crippen MR) is 96.1 cm³/mol. The monoisotopic (exact) mass is 350 g/mol. The SMILES string of the molecule is COc1ccc(N2CCc3c(nn(-c4cccc(C)n4)c3O)C2=O)cc1. The lowest BCUT2D eigenvalue weighted by Crippen LogP contribution is -2.37. The molecule has 2 aromatic heterocycles. The third-order valence-electron chi connectivity index (χ3n) is 4.46. The minimum atomic E-state index is -0.238. The first-order chi connectivity index (χ1) is 12.6. The van der Waals surface area contributed by atoms with Crippen LogP contribution in [0, 0.1) is 6.92 Å². The molecule has 0 spiro atoms. The van der Waals surface area contributed by atoms with Crippen LogP contribution in [0.2, 0.25) is 0 Å². The zero-order valence-electron chi connectivity index (χ0n) is 14.5. The van der Waals surface area contributed by atoms with E-state index in [1.807, 2.05) is 43.3 Å². The number of rotatable bonds is 3. The lowest BCUT2D eigenvalue weighted by atomic mass is 10.1. The molecule has 0 fully saturated rings. The van der Waals surface area contributed by atoms with E-state index in [-0.39, 0.29) is 17.5 Å². The minimum Gasteiger partial charge on any atom is -0.497 e. The Balaban J connectivity index is 1.71. The van der Waals surface area contributed by atoms with Crippen molar-refractivity contribution < 1.29 is 14.6 Å². The Kier molecular flexibility index (Phi) is 3.84. The van der Waals surface area contributed by atoms with Crippen LogP contribution in [0.15, 0.2) is 42.5 Å². The summed E-state index contributed by atoms with van der Waals surface area (Å²) in [5.74, 6) is 0.950. The second kappa shape index (κ2) is 6.18. The molecule has 7 nitrogen and oxygen atoms in total. The molecule has 4 rings (SSSR count). The maximum Gasteiger partial charge on any atom is 0.279 e. The highest BCUT2D eigenvalue weighted by molar-refractivity contribution is 6.07. The van der Waals surface area contributed by atoms with Crippen LogP contribution in [-0.4, -0.2) is 39.4 Å². The first kappa shape index (κ1) is 16.1. The quantitative estimate of drug-likeness (QED) is 0.785. The number of fused-ring (bicyclic) bond motifs is 1. The molecule has 132 valence electrons. The number of hydrogen-bond donors (Lipinski definition) is 1. The highest BCUT2D eigenvalue weighted by Crippen LogP contribution is 2.31. The van der Waals surface area contributed by atoms with Crippen LogP contribution in [0.25, 0.3) is 5.82 Å². The first-order valence-corrected chi connectivity index (χ1v) is 8.29. The van der Waals surface area contributed by atoms with Crippen LogP contribution >= 0.6 is 0 Å². The second-order valence-electron chi connectivity index (χ2n) is 6.10. The van der Waals surface area contributed by atoms with Gasteiger partial charge in [-0.1, -0.05) is 6.07 Å². The molecule has 0 saturated carbocycles. The zero-order valence-corrected chi connectivity index (χ0v) is 14.5. The molecule has 0 atom stereocenters. The molecule has 0 unspecified atom stereocenters. The van der Waals surface area contributed by atoms with E-state index in [2.05, 4.69) is 10.1 Å². The molecule has 0 bridgehead atoms. The molecule has 26 heavy (non-hydrogen) atoms. The number of benzene rings is 1. The number of nitrogens with zero attached hydrogens (tertiary/aromatic N) is 4. The maximum atomic E-state index is 12.9. The topological polar surface area (TPSA) is 80.5 Å². The van der Waals surface area contributed by atoms with E-state index in [0.717, 1.165) is 17.1 Å². The summed E-state index contributed by atoms with van der Waals surface area (Å²) in [6.45, 7) is 2.33. The zero-order chi connectivity index (χ0) is 18.3. The molecule has 3 aromatic rings. The van der Waals surface area contributed by atoms with Gasteiger partial charge >= 0.3 is 0 Å². The van der Waals surface area contributed by atoms with E-state index in [1.165, 1.54) is 4.68 Å². The van der Waals surface area contributed by atoms with E-state index >= 15 is 0 Å². The van der Waals surface area contributed by atoms with Gasteiger partial charge in [0, 0.05) is 23.5 Å². The average Bonchev–Trinajstić information content (AvgIpc) is 3.00. The van der Waals surface area contributed by atoms with E-state index in [0.29, 0.717) is 24.3 Å². The summed E-state index contributed by atoms with van der Waals surface area (Å²) >= 11 is 0. The molecular formula is C19H18N4O3.